The molecular formula is C50H70N8O23. The van der Waals surface area contributed by atoms with Gasteiger partial charge in [-0.2, -0.15) is 0 Å². The molecule has 11 amide bonds. The van der Waals surface area contributed by atoms with Crippen molar-refractivity contribution < 1.29 is 110 Å². The van der Waals surface area contributed by atoms with Crippen LogP contribution in [0, 0.1) is 5.41 Å². The predicted octanol–water partition coefficient (Wildman–Crippen LogP) is -1.40. The van der Waals surface area contributed by atoms with Crippen LogP contribution < -0.4 is 21.3 Å². The van der Waals surface area contributed by atoms with Gasteiger partial charge in [-0.05, 0) is 32.1 Å². The number of rotatable bonds is 40. The third-order valence-corrected chi connectivity index (χ3v) is 11.9. The van der Waals surface area contributed by atoms with Gasteiger partial charge in [-0.3, -0.25) is 52.7 Å². The van der Waals surface area contributed by atoms with Crippen LogP contribution in [0.4, 0.5) is 0 Å². The van der Waals surface area contributed by atoms with Gasteiger partial charge in [-0.1, -0.05) is 6.58 Å². The van der Waals surface area contributed by atoms with Crippen molar-refractivity contribution in [3.63, 3.8) is 0 Å². The van der Waals surface area contributed by atoms with Crippen LogP contribution in [-0.4, -0.2) is 188 Å². The second-order valence-electron chi connectivity index (χ2n) is 18.9. The Morgan fingerprint density at radius 3 is 0.802 bits per heavy atom. The number of hydrogen-bond acceptors (Lipinski definition) is 23. The van der Waals surface area contributed by atoms with Gasteiger partial charge < -0.3 is 59.6 Å². The first-order valence-corrected chi connectivity index (χ1v) is 26.5. The molecule has 31 heteroatoms. The Labute approximate surface area is 464 Å². The Kier molecular flexibility index (Phi) is 28.5. The number of hydrogen-bond donors (Lipinski definition) is 4. The Morgan fingerprint density at radius 2 is 0.568 bits per heavy atom. The number of imide groups is 3. The molecule has 0 bridgehead atoms. The minimum absolute atomic E-state index is 0.0301. The lowest BCUT2D eigenvalue weighted by Gasteiger charge is -2.33. The Balaban J connectivity index is 1.28. The van der Waals surface area contributed by atoms with Crippen molar-refractivity contribution in [3.05, 3.63) is 12.3 Å². The van der Waals surface area contributed by atoms with Crippen molar-refractivity contribution in [2.75, 3.05) is 79.0 Å². The normalized spacial score (nSPS) is 15.4. The lowest BCUT2D eigenvalue weighted by Crippen LogP contribution is -2.42. The standard InChI is InChI=1S/C50H70N8O23/c1-34-6-11-39(63)55(34)78-46(70)18-7-35(59)51-22-2-26-74-30-50(31-75-27-3-23-52-36(60)8-19-47(71)79-56-40(64)12-13-41(56)65,32-76-28-4-24-53-37(61)9-20-48(72)80-57-42(66)14-15-43(57)67)33-77-29-5-25-54-38(62)10-21-49(73)81-58-44(68)16-17-45(58)69/h1-33H2,(H,51,59)(H,52,60)(H,53,61)(H,54,62). The molecular weight excluding hydrogens is 1080 g/mol. The summed E-state index contributed by atoms with van der Waals surface area (Å²) < 4.78 is 24.3. The maximum atomic E-state index is 12.5. The van der Waals surface area contributed by atoms with Crippen LogP contribution >= 0.6 is 0 Å². The smallest absolute Gasteiger partial charge is 0.333 e. The molecule has 4 N–H and O–H groups in total. The third kappa shape index (κ3) is 24.6. The summed E-state index contributed by atoms with van der Waals surface area (Å²) in [6, 6.07) is 0. The zero-order valence-corrected chi connectivity index (χ0v) is 45.0. The van der Waals surface area contributed by atoms with Crippen LogP contribution in [0.25, 0.3) is 0 Å². The molecule has 0 saturated carbocycles. The van der Waals surface area contributed by atoms with Crippen LogP contribution in [0.5, 0.6) is 0 Å². The van der Waals surface area contributed by atoms with Gasteiger partial charge in [0.05, 0.1) is 63.2 Å². The molecule has 448 valence electrons. The molecule has 4 aliphatic rings. The summed E-state index contributed by atoms with van der Waals surface area (Å²) >= 11 is 0. The highest BCUT2D eigenvalue weighted by molar-refractivity contribution is 6.03. The molecule has 4 fully saturated rings. The quantitative estimate of drug-likeness (QED) is 0.0405. The minimum atomic E-state index is -1.03. The van der Waals surface area contributed by atoms with Gasteiger partial charge in [0.1, 0.15) is 0 Å². The van der Waals surface area contributed by atoms with E-state index in [4.69, 9.17) is 38.3 Å². The summed E-state index contributed by atoms with van der Waals surface area (Å²) in [5.41, 5.74) is -0.688. The number of hydroxylamine groups is 8. The van der Waals surface area contributed by atoms with Gasteiger partial charge in [-0.15, -0.1) is 20.3 Å². The molecule has 0 unspecified atom stereocenters. The fourth-order valence-electron chi connectivity index (χ4n) is 7.54. The summed E-state index contributed by atoms with van der Waals surface area (Å²) in [6.45, 7) is 4.49. The fourth-order valence-corrected chi connectivity index (χ4v) is 7.54. The van der Waals surface area contributed by atoms with Crippen LogP contribution in [0.1, 0.15) is 128 Å². The maximum absolute atomic E-state index is 12.5. The van der Waals surface area contributed by atoms with Crippen molar-refractivity contribution in [3.8, 4) is 0 Å². The van der Waals surface area contributed by atoms with E-state index in [1.165, 1.54) is 0 Å². The summed E-state index contributed by atoms with van der Waals surface area (Å²) in [7, 11) is 0. The zero-order valence-electron chi connectivity index (χ0n) is 45.0. The van der Waals surface area contributed by atoms with E-state index >= 15 is 0 Å². The van der Waals surface area contributed by atoms with Crippen molar-refractivity contribution in [1.82, 2.24) is 41.5 Å². The molecule has 4 heterocycles. The molecule has 4 rings (SSSR count). The highest BCUT2D eigenvalue weighted by atomic mass is 16.7. The molecule has 0 aromatic heterocycles. The number of nitrogens with zero attached hydrogens (tertiary/aromatic N) is 4. The van der Waals surface area contributed by atoms with Crippen LogP contribution in [0.3, 0.4) is 0 Å². The lowest BCUT2D eigenvalue weighted by molar-refractivity contribution is -0.197. The molecule has 4 saturated heterocycles. The number of carbonyl (C=O) groups is 15. The SMILES string of the molecule is C=C1CCC(=O)N1OC(=O)CCC(=O)NCCCOCC(COCCCNC(=O)CCC(=O)ON1C(=O)CCC1=O)(COCCCNC(=O)CCC(=O)ON1C(=O)CCC1=O)COCCCNC(=O)CCC(=O)ON1C(=O)CCC1=O. The zero-order chi connectivity index (χ0) is 59.2. The van der Waals surface area contributed by atoms with E-state index in [1.807, 2.05) is 0 Å². The Morgan fingerprint density at radius 1 is 0.346 bits per heavy atom. The van der Waals surface area contributed by atoms with Crippen LogP contribution in [0.2, 0.25) is 0 Å². The molecule has 31 nitrogen and oxygen atoms in total. The molecule has 0 aliphatic carbocycles. The molecule has 0 radical (unpaired) electrons. The van der Waals surface area contributed by atoms with E-state index in [9.17, 15) is 71.9 Å². The number of allylic oxidation sites excluding steroid dienone is 1. The number of amides is 11. The molecule has 81 heavy (non-hydrogen) atoms. The second kappa shape index (κ2) is 35.1. The van der Waals surface area contributed by atoms with E-state index in [1.54, 1.807) is 0 Å². The number of carbonyl (C=O) groups excluding carboxylic acids is 15. The number of nitrogens with one attached hydrogen (secondary N) is 4. The predicted molar refractivity (Wildman–Crippen MR) is 266 cm³/mol. The molecule has 0 aromatic rings. The van der Waals surface area contributed by atoms with Gasteiger partial charge >= 0.3 is 23.9 Å². The third-order valence-electron chi connectivity index (χ3n) is 11.9. The molecule has 4 aliphatic heterocycles. The number of ether oxygens (including phenoxy) is 4. The van der Waals surface area contributed by atoms with E-state index < -0.39 is 114 Å². The first kappa shape index (κ1) is 65.7. The molecule has 0 spiro atoms. The van der Waals surface area contributed by atoms with Crippen molar-refractivity contribution in [2.24, 2.45) is 5.41 Å². The topological polar surface area (TPSA) is 391 Å². The summed E-state index contributed by atoms with van der Waals surface area (Å²) in [4.78, 5) is 200. The van der Waals surface area contributed by atoms with Gasteiger partial charge in [0, 0.05) is 123 Å². The van der Waals surface area contributed by atoms with Crippen molar-refractivity contribution in [2.45, 2.75) is 128 Å². The van der Waals surface area contributed by atoms with Gasteiger partial charge in [0.25, 0.3) is 41.4 Å². The molecule has 0 atom stereocenters. The first-order valence-electron chi connectivity index (χ1n) is 26.5. The monoisotopic (exact) mass is 1150 g/mol. The average Bonchev–Trinajstić information content (AvgIpc) is 4.17. The summed E-state index contributed by atoms with van der Waals surface area (Å²) in [6.07, 6.45) is -1.26. The fraction of sp³-hybridized carbons (Fsp3) is 0.660. The van der Waals surface area contributed by atoms with E-state index in [2.05, 4.69) is 27.8 Å². The Bertz CT molecular complexity index is 1960. The summed E-state index contributed by atoms with van der Waals surface area (Å²) in [5, 5.41) is 12.6. The largest absolute Gasteiger partial charge is 0.381 e. The van der Waals surface area contributed by atoms with Crippen LogP contribution in [-0.2, 0) is 110 Å². The maximum Gasteiger partial charge on any atom is 0.333 e. The van der Waals surface area contributed by atoms with Crippen molar-refractivity contribution in [1.29, 1.82) is 0 Å². The highest BCUT2D eigenvalue weighted by Crippen LogP contribution is 2.23. The minimum Gasteiger partial charge on any atom is -0.381 e. The Hall–Kier alpha value is -7.77. The van der Waals surface area contributed by atoms with Gasteiger partial charge in [0.2, 0.25) is 23.6 Å². The highest BCUT2D eigenvalue weighted by Gasteiger charge is 2.36. The van der Waals surface area contributed by atoms with E-state index in [0.717, 1.165) is 5.06 Å². The second-order valence-corrected chi connectivity index (χ2v) is 18.9. The average molecular weight is 1150 g/mol. The first-order chi connectivity index (χ1) is 38.7. The van der Waals surface area contributed by atoms with E-state index in [0.29, 0.717) is 53.0 Å². The summed E-state index contributed by atoms with van der Waals surface area (Å²) in [5.74, 6) is -9.86. The van der Waals surface area contributed by atoms with E-state index in [-0.39, 0.29) is 156 Å². The van der Waals surface area contributed by atoms with Crippen molar-refractivity contribution >= 4 is 88.9 Å². The van der Waals surface area contributed by atoms with Gasteiger partial charge in [-0.25, -0.2) is 19.2 Å². The van der Waals surface area contributed by atoms with Gasteiger partial charge in [0.15, 0.2) is 0 Å². The molecule has 0 aromatic carbocycles. The lowest BCUT2D eigenvalue weighted by atomic mass is 9.92. The van der Waals surface area contributed by atoms with Crippen LogP contribution in [0.15, 0.2) is 12.3 Å².